The first-order valence-electron chi connectivity index (χ1n) is 9.84. The highest BCUT2D eigenvalue weighted by Crippen LogP contribution is 2.34. The van der Waals surface area contributed by atoms with Crippen LogP contribution in [-0.4, -0.2) is 35.9 Å². The standard InChI is InChI=1S/C21H21ClF4N4O2/c1-12-9-13(21(24,25)26)10-19(28-12)30-7-2-3-17(30)20(32)29(8-6-18(27)31)14-4-5-16(23)15(22)11-14/h4-5,9-11,17H,2-3,6-8H2,1H3,(H2,27,31)/t17-/m0/s1. The number of benzene rings is 1. The van der Waals surface area contributed by atoms with Gasteiger partial charge in [0.2, 0.25) is 11.8 Å². The summed E-state index contributed by atoms with van der Waals surface area (Å²) in [5.41, 5.74) is 4.80. The number of alkyl halides is 3. The number of hydrogen-bond donors (Lipinski definition) is 1. The van der Waals surface area contributed by atoms with Crippen molar-refractivity contribution in [1.82, 2.24) is 4.98 Å². The molecule has 2 N–H and O–H groups in total. The summed E-state index contributed by atoms with van der Waals surface area (Å²) >= 11 is 5.86. The Hall–Kier alpha value is -2.88. The van der Waals surface area contributed by atoms with Crippen molar-refractivity contribution < 1.29 is 27.2 Å². The van der Waals surface area contributed by atoms with Crippen LogP contribution in [0.5, 0.6) is 0 Å². The Morgan fingerprint density at radius 1 is 1.28 bits per heavy atom. The second kappa shape index (κ2) is 9.32. The van der Waals surface area contributed by atoms with E-state index in [1.807, 2.05) is 0 Å². The highest BCUT2D eigenvalue weighted by atomic mass is 35.5. The molecule has 2 aromatic rings. The van der Waals surface area contributed by atoms with Gasteiger partial charge < -0.3 is 15.5 Å². The van der Waals surface area contributed by atoms with Gasteiger partial charge in [0, 0.05) is 30.9 Å². The van der Waals surface area contributed by atoms with Crippen molar-refractivity contribution in [1.29, 1.82) is 0 Å². The molecule has 3 rings (SSSR count). The fraction of sp³-hybridized carbons (Fsp3) is 0.381. The highest BCUT2D eigenvalue weighted by molar-refractivity contribution is 6.31. The minimum absolute atomic E-state index is 0.0418. The number of rotatable bonds is 6. The summed E-state index contributed by atoms with van der Waals surface area (Å²) in [6, 6.07) is 4.72. The molecule has 2 amide bonds. The Kier molecular flexibility index (Phi) is 6.92. The number of aryl methyl sites for hydroxylation is 1. The van der Waals surface area contributed by atoms with Gasteiger partial charge in [-0.25, -0.2) is 9.37 Å². The summed E-state index contributed by atoms with van der Waals surface area (Å²) in [5, 5.41) is -0.210. The van der Waals surface area contributed by atoms with Gasteiger partial charge >= 0.3 is 6.18 Å². The third-order valence-corrected chi connectivity index (χ3v) is 5.45. The highest BCUT2D eigenvalue weighted by Gasteiger charge is 2.37. The Morgan fingerprint density at radius 2 is 2.00 bits per heavy atom. The maximum Gasteiger partial charge on any atom is 0.416 e. The van der Waals surface area contributed by atoms with E-state index in [1.54, 1.807) is 0 Å². The molecule has 1 atom stereocenters. The van der Waals surface area contributed by atoms with Crippen molar-refractivity contribution in [2.45, 2.75) is 38.4 Å². The van der Waals surface area contributed by atoms with Crippen LogP contribution in [0.4, 0.5) is 29.1 Å². The average Bonchev–Trinajstić information content (AvgIpc) is 3.19. The van der Waals surface area contributed by atoms with Crippen LogP contribution in [0, 0.1) is 12.7 Å². The van der Waals surface area contributed by atoms with E-state index < -0.39 is 35.4 Å². The minimum Gasteiger partial charge on any atom is -0.370 e. The molecule has 0 saturated carbocycles. The van der Waals surface area contributed by atoms with Crippen molar-refractivity contribution in [3.63, 3.8) is 0 Å². The van der Waals surface area contributed by atoms with Gasteiger partial charge in [0.1, 0.15) is 17.7 Å². The van der Waals surface area contributed by atoms with Crippen molar-refractivity contribution in [2.75, 3.05) is 22.9 Å². The molecule has 11 heteroatoms. The molecule has 1 aliphatic rings. The number of carbonyl (C=O) groups is 2. The zero-order valence-corrected chi connectivity index (χ0v) is 17.9. The lowest BCUT2D eigenvalue weighted by Crippen LogP contribution is -2.47. The molecule has 32 heavy (non-hydrogen) atoms. The van der Waals surface area contributed by atoms with Crippen LogP contribution in [0.15, 0.2) is 30.3 Å². The first-order chi connectivity index (χ1) is 15.0. The summed E-state index contributed by atoms with van der Waals surface area (Å²) in [6.45, 7) is 1.69. The summed E-state index contributed by atoms with van der Waals surface area (Å²) in [4.78, 5) is 31.8. The Morgan fingerprint density at radius 3 is 2.62 bits per heavy atom. The molecule has 0 radical (unpaired) electrons. The average molecular weight is 473 g/mol. The topological polar surface area (TPSA) is 79.5 Å². The second-order valence-electron chi connectivity index (χ2n) is 7.51. The maximum absolute atomic E-state index is 13.6. The number of halogens is 5. The summed E-state index contributed by atoms with van der Waals surface area (Å²) < 4.78 is 53.5. The normalized spacial score (nSPS) is 16.3. The van der Waals surface area contributed by atoms with E-state index in [2.05, 4.69) is 4.98 Å². The lowest BCUT2D eigenvalue weighted by atomic mass is 10.1. The largest absolute Gasteiger partial charge is 0.416 e. The van der Waals surface area contributed by atoms with Crippen molar-refractivity contribution in [2.24, 2.45) is 5.73 Å². The number of carbonyl (C=O) groups excluding carboxylic acids is 2. The minimum atomic E-state index is -4.56. The first kappa shape index (κ1) is 23.8. The second-order valence-corrected chi connectivity index (χ2v) is 7.92. The van der Waals surface area contributed by atoms with E-state index >= 15 is 0 Å². The van der Waals surface area contributed by atoms with Crippen LogP contribution < -0.4 is 15.5 Å². The molecular weight excluding hydrogens is 452 g/mol. The number of nitrogens with zero attached hydrogens (tertiary/aromatic N) is 3. The summed E-state index contributed by atoms with van der Waals surface area (Å²) in [6.07, 6.45) is -3.78. The van der Waals surface area contributed by atoms with Crippen molar-refractivity contribution >= 4 is 34.9 Å². The molecule has 0 unspecified atom stereocenters. The predicted octanol–water partition coefficient (Wildman–Crippen LogP) is 4.08. The SMILES string of the molecule is Cc1cc(C(F)(F)F)cc(N2CCC[C@H]2C(=O)N(CCC(N)=O)c2ccc(F)c(Cl)c2)n1. The van der Waals surface area contributed by atoms with E-state index in [4.69, 9.17) is 17.3 Å². The fourth-order valence-electron chi connectivity index (χ4n) is 3.68. The Balaban J connectivity index is 1.96. The van der Waals surface area contributed by atoms with E-state index in [0.717, 1.165) is 18.2 Å². The van der Waals surface area contributed by atoms with Crippen LogP contribution in [0.25, 0.3) is 0 Å². The third kappa shape index (κ3) is 5.29. The monoisotopic (exact) mass is 472 g/mol. The molecule has 1 aromatic carbocycles. The lowest BCUT2D eigenvalue weighted by Gasteiger charge is -2.31. The Labute approximate surface area is 186 Å². The van der Waals surface area contributed by atoms with Crippen LogP contribution in [0.3, 0.4) is 0 Å². The molecular formula is C21H21ClF4N4O2. The lowest BCUT2D eigenvalue weighted by molar-refractivity contribution is -0.137. The van der Waals surface area contributed by atoms with Crippen LogP contribution in [0.2, 0.25) is 5.02 Å². The van der Waals surface area contributed by atoms with E-state index in [-0.39, 0.29) is 35.2 Å². The van der Waals surface area contributed by atoms with E-state index in [9.17, 15) is 27.2 Å². The van der Waals surface area contributed by atoms with Crippen LogP contribution in [0.1, 0.15) is 30.5 Å². The van der Waals surface area contributed by atoms with Gasteiger partial charge in [-0.2, -0.15) is 13.2 Å². The molecule has 1 aliphatic heterocycles. The van der Waals surface area contributed by atoms with E-state index in [0.29, 0.717) is 19.4 Å². The summed E-state index contributed by atoms with van der Waals surface area (Å²) in [7, 11) is 0. The van der Waals surface area contributed by atoms with Crippen LogP contribution in [-0.2, 0) is 15.8 Å². The number of nitrogens with two attached hydrogens (primary N) is 1. The van der Waals surface area contributed by atoms with Gasteiger partial charge in [0.05, 0.1) is 10.6 Å². The van der Waals surface area contributed by atoms with Gasteiger partial charge in [-0.15, -0.1) is 0 Å². The van der Waals surface area contributed by atoms with Crippen molar-refractivity contribution in [3.8, 4) is 0 Å². The molecule has 1 aromatic heterocycles. The molecule has 0 aliphatic carbocycles. The molecule has 172 valence electrons. The van der Waals surface area contributed by atoms with Gasteiger partial charge in [-0.05, 0) is 50.1 Å². The molecule has 0 spiro atoms. The number of pyridine rings is 1. The fourth-order valence-corrected chi connectivity index (χ4v) is 3.86. The zero-order valence-electron chi connectivity index (χ0n) is 17.1. The van der Waals surface area contributed by atoms with Gasteiger partial charge in [0.15, 0.2) is 0 Å². The van der Waals surface area contributed by atoms with Gasteiger partial charge in [-0.1, -0.05) is 11.6 Å². The number of primary amides is 1. The maximum atomic E-state index is 13.6. The quantitative estimate of drug-likeness (QED) is 0.642. The number of anilines is 2. The Bertz CT molecular complexity index is 1030. The number of amides is 2. The number of aromatic nitrogens is 1. The molecule has 0 bridgehead atoms. The number of hydrogen-bond acceptors (Lipinski definition) is 4. The van der Waals surface area contributed by atoms with E-state index in [1.165, 1.54) is 28.9 Å². The third-order valence-electron chi connectivity index (χ3n) is 5.16. The molecule has 1 fully saturated rings. The first-order valence-corrected chi connectivity index (χ1v) is 10.2. The summed E-state index contributed by atoms with van der Waals surface area (Å²) in [5.74, 6) is -1.75. The van der Waals surface area contributed by atoms with Gasteiger partial charge in [0.25, 0.3) is 0 Å². The zero-order chi connectivity index (χ0) is 23.6. The predicted molar refractivity (Wildman–Crippen MR) is 112 cm³/mol. The molecule has 6 nitrogen and oxygen atoms in total. The molecule has 1 saturated heterocycles. The van der Waals surface area contributed by atoms with Gasteiger partial charge in [-0.3, -0.25) is 9.59 Å². The van der Waals surface area contributed by atoms with Crippen LogP contribution >= 0.6 is 11.6 Å². The smallest absolute Gasteiger partial charge is 0.370 e. The van der Waals surface area contributed by atoms with Crippen molar-refractivity contribution in [3.05, 3.63) is 52.4 Å². The molecule has 2 heterocycles.